The van der Waals surface area contributed by atoms with Gasteiger partial charge in [0.05, 0.1) is 0 Å². The molecule has 0 nitrogen and oxygen atoms in total. The number of hydrogen-bond donors (Lipinski definition) is 0. The fourth-order valence-corrected chi connectivity index (χ4v) is 2.29. The van der Waals surface area contributed by atoms with Gasteiger partial charge in [0.1, 0.15) is 0 Å². The van der Waals surface area contributed by atoms with E-state index in [1.54, 1.807) is 0 Å². The van der Waals surface area contributed by atoms with Crippen molar-refractivity contribution in [2.24, 2.45) is 0 Å². The monoisotopic (exact) mass is 300 g/mol. The first-order valence-electron chi connectivity index (χ1n) is 7.90. The van der Waals surface area contributed by atoms with E-state index in [1.807, 2.05) is 56.4 Å². The summed E-state index contributed by atoms with van der Waals surface area (Å²) in [6, 6.07) is 21.0. The predicted octanol–water partition coefficient (Wildman–Crippen LogP) is 4.72. The third-order valence-corrected chi connectivity index (χ3v) is 3.48. The van der Waals surface area contributed by atoms with Crippen LogP contribution in [0.25, 0.3) is 0 Å². The molecule has 1 heteroatoms. The Kier molecular flexibility index (Phi) is 8.93. The molecule has 0 aromatic heterocycles. The van der Waals surface area contributed by atoms with Crippen LogP contribution in [0.5, 0.6) is 0 Å². The fourth-order valence-electron chi connectivity index (χ4n) is 2.29. The first-order valence-corrected chi connectivity index (χ1v) is 7.90. The van der Waals surface area contributed by atoms with Gasteiger partial charge in [-0.1, -0.05) is 121 Å². The molecular formula is C22H25B. The summed E-state index contributed by atoms with van der Waals surface area (Å²) in [5.74, 6) is 0. The van der Waals surface area contributed by atoms with Crippen LogP contribution in [-0.2, 0) is 0 Å². The highest BCUT2D eigenvalue weighted by Gasteiger charge is 2.21. The molecule has 23 heavy (non-hydrogen) atoms. The van der Waals surface area contributed by atoms with Crippen molar-refractivity contribution in [1.29, 1.82) is 0 Å². The van der Waals surface area contributed by atoms with E-state index < -0.39 is 0 Å². The van der Waals surface area contributed by atoms with Crippen molar-refractivity contribution in [1.82, 2.24) is 0 Å². The van der Waals surface area contributed by atoms with Gasteiger partial charge < -0.3 is 0 Å². The van der Waals surface area contributed by atoms with E-state index in [1.165, 1.54) is 10.9 Å². The summed E-state index contributed by atoms with van der Waals surface area (Å²) in [7, 11) is 0. The van der Waals surface area contributed by atoms with Crippen LogP contribution in [0.15, 0.2) is 110 Å². The normalized spacial score (nSPS) is 10.6. The van der Waals surface area contributed by atoms with Crippen LogP contribution in [0, 0.1) is 0 Å². The molecular weight excluding hydrogens is 275 g/mol. The molecule has 2 rings (SSSR count). The molecule has 0 fully saturated rings. The van der Waals surface area contributed by atoms with E-state index in [0.717, 1.165) is 5.47 Å². The molecule has 0 unspecified atom stereocenters. The summed E-state index contributed by atoms with van der Waals surface area (Å²) < 4.78 is 0. The van der Waals surface area contributed by atoms with Crippen LogP contribution in [0.3, 0.4) is 0 Å². The van der Waals surface area contributed by atoms with Crippen LogP contribution >= 0.6 is 0 Å². The summed E-state index contributed by atoms with van der Waals surface area (Å²) in [6.07, 6.45) is 9.75. The molecule has 0 aliphatic rings. The Labute approximate surface area is 141 Å². The summed E-state index contributed by atoms with van der Waals surface area (Å²) in [6.45, 7) is 11.9. The van der Waals surface area contributed by atoms with Crippen molar-refractivity contribution in [2.45, 2.75) is 13.8 Å². The number of benzene rings is 2. The molecule has 0 heterocycles. The minimum absolute atomic E-state index is 0.206. The second kappa shape index (κ2) is 11.1. The van der Waals surface area contributed by atoms with Crippen LogP contribution in [0.2, 0.25) is 0 Å². The molecule has 0 saturated carbocycles. The zero-order valence-electron chi connectivity index (χ0n) is 14.2. The first-order chi connectivity index (χ1) is 11.3. The van der Waals surface area contributed by atoms with Gasteiger partial charge in [0.15, 0.2) is 0 Å². The topological polar surface area (TPSA) is 0 Å². The lowest BCUT2D eigenvalue weighted by atomic mass is 9.36. The van der Waals surface area contributed by atoms with E-state index >= 15 is 0 Å². The lowest BCUT2D eigenvalue weighted by Gasteiger charge is -2.15. The fraction of sp³-hybridized carbons (Fsp3) is 0.0909. The van der Waals surface area contributed by atoms with E-state index in [2.05, 4.69) is 61.7 Å². The average Bonchev–Trinajstić information content (AvgIpc) is 2.63. The minimum atomic E-state index is 0.206. The smallest absolute Gasteiger partial charge is 0.0996 e. The van der Waals surface area contributed by atoms with Crippen molar-refractivity contribution < 1.29 is 0 Å². The number of allylic oxidation sites excluding steroid dienone is 6. The number of rotatable bonds is 5. The molecule has 0 N–H and O–H groups in total. The maximum Gasteiger partial charge on any atom is 0.241 e. The van der Waals surface area contributed by atoms with Crippen molar-refractivity contribution >= 4 is 17.6 Å². The largest absolute Gasteiger partial charge is 0.241 e. The van der Waals surface area contributed by atoms with Gasteiger partial charge in [0, 0.05) is 0 Å². The molecule has 0 amide bonds. The van der Waals surface area contributed by atoms with Crippen LogP contribution in [0.1, 0.15) is 13.8 Å². The second-order valence-electron chi connectivity index (χ2n) is 5.03. The van der Waals surface area contributed by atoms with Gasteiger partial charge >= 0.3 is 0 Å². The summed E-state index contributed by atoms with van der Waals surface area (Å²) in [5, 5.41) is 0. The van der Waals surface area contributed by atoms with Gasteiger partial charge in [0.25, 0.3) is 0 Å². The summed E-state index contributed by atoms with van der Waals surface area (Å²) >= 11 is 0. The molecule has 2 aromatic rings. The van der Waals surface area contributed by atoms with E-state index in [0.29, 0.717) is 0 Å². The maximum atomic E-state index is 3.94. The van der Waals surface area contributed by atoms with Crippen molar-refractivity contribution in [3.63, 3.8) is 0 Å². The Balaban J connectivity index is 0.000000593. The zero-order chi connectivity index (χ0) is 16.9. The highest BCUT2D eigenvalue weighted by atomic mass is 13.9. The van der Waals surface area contributed by atoms with Gasteiger partial charge in [-0.15, -0.1) is 0 Å². The molecule has 0 aliphatic carbocycles. The Morgan fingerprint density at radius 2 is 1.22 bits per heavy atom. The van der Waals surface area contributed by atoms with Gasteiger partial charge in [-0.25, -0.2) is 0 Å². The van der Waals surface area contributed by atoms with E-state index in [9.17, 15) is 0 Å². The Morgan fingerprint density at radius 1 is 0.783 bits per heavy atom. The standard InChI is InChI=1S/C18H17B.C4H8/c1-3-11-16(4-2)19(17-12-7-5-8-13-17)18-14-9-6-10-15-18;1-3-4-2/h3-15H,1-2H2;3-4H,1-2H3/b16-11+;4-3-. The highest BCUT2D eigenvalue weighted by Crippen LogP contribution is 2.05. The Hall–Kier alpha value is -2.54. The average molecular weight is 300 g/mol. The summed E-state index contributed by atoms with van der Waals surface area (Å²) in [5.41, 5.74) is 3.69. The van der Waals surface area contributed by atoms with Crippen LogP contribution in [0.4, 0.5) is 0 Å². The molecule has 2 aromatic carbocycles. The summed E-state index contributed by atoms with van der Waals surface area (Å²) in [4.78, 5) is 0. The van der Waals surface area contributed by atoms with Crippen molar-refractivity contribution in [2.75, 3.05) is 0 Å². The molecule has 0 radical (unpaired) electrons. The minimum Gasteiger partial charge on any atom is -0.0996 e. The maximum absolute atomic E-state index is 3.94. The first kappa shape index (κ1) is 18.5. The molecule has 0 bridgehead atoms. The number of hydrogen-bond acceptors (Lipinski definition) is 0. The molecule has 0 saturated heterocycles. The van der Waals surface area contributed by atoms with Gasteiger partial charge in [-0.05, 0) is 13.8 Å². The molecule has 0 aliphatic heterocycles. The van der Waals surface area contributed by atoms with E-state index in [-0.39, 0.29) is 6.71 Å². The van der Waals surface area contributed by atoms with Gasteiger partial charge in [-0.2, -0.15) is 0 Å². The Morgan fingerprint density at radius 3 is 1.52 bits per heavy atom. The third kappa shape index (κ3) is 6.00. The van der Waals surface area contributed by atoms with Crippen molar-refractivity contribution in [3.8, 4) is 0 Å². The van der Waals surface area contributed by atoms with E-state index in [4.69, 9.17) is 0 Å². The SMILES string of the molecule is C/C=C\C.C=C/C=C(\C=C)B(c1ccccc1)c1ccccc1. The zero-order valence-corrected chi connectivity index (χ0v) is 14.2. The lowest BCUT2D eigenvalue weighted by Crippen LogP contribution is -2.43. The molecule has 0 spiro atoms. The van der Waals surface area contributed by atoms with Crippen LogP contribution in [-0.4, -0.2) is 6.71 Å². The van der Waals surface area contributed by atoms with Gasteiger partial charge in [0.2, 0.25) is 6.71 Å². The quantitative estimate of drug-likeness (QED) is 0.426. The van der Waals surface area contributed by atoms with Crippen LogP contribution < -0.4 is 10.9 Å². The lowest BCUT2D eigenvalue weighted by molar-refractivity contribution is 1.64. The third-order valence-electron chi connectivity index (χ3n) is 3.48. The van der Waals surface area contributed by atoms with Gasteiger partial charge in [-0.3, -0.25) is 0 Å². The molecule has 0 atom stereocenters. The Bertz CT molecular complexity index is 593. The second-order valence-corrected chi connectivity index (χ2v) is 5.03. The van der Waals surface area contributed by atoms with Crippen molar-refractivity contribution in [3.05, 3.63) is 110 Å². The highest BCUT2D eigenvalue weighted by molar-refractivity contribution is 6.91. The molecule has 116 valence electrons. The predicted molar refractivity (Wildman–Crippen MR) is 107 cm³/mol.